The Bertz CT molecular complexity index is 2640. The minimum absolute atomic E-state index is 0.207. The lowest BCUT2D eigenvalue weighted by Gasteiger charge is -2.41. The van der Waals surface area contributed by atoms with Gasteiger partial charge in [0.1, 0.15) is 11.7 Å². The first-order valence-electron chi connectivity index (χ1n) is 21.3. The molecule has 11 rings (SSSR count). The van der Waals surface area contributed by atoms with Crippen molar-refractivity contribution < 1.29 is 23.2 Å². The molecule has 308 valence electrons. The van der Waals surface area contributed by atoms with E-state index in [1.807, 2.05) is 41.3 Å². The molecule has 13 nitrogen and oxygen atoms in total. The molecule has 3 N–H and O–H groups in total. The molecule has 3 amide bonds. The molecule has 7 heterocycles. The maximum Gasteiger partial charge on any atom is 0.329 e. The van der Waals surface area contributed by atoms with Crippen LogP contribution >= 0.6 is 0 Å². The van der Waals surface area contributed by atoms with E-state index in [4.69, 9.17) is 0 Å². The van der Waals surface area contributed by atoms with Crippen molar-refractivity contribution in [3.8, 4) is 11.4 Å². The minimum Gasteiger partial charge on any atom is -0.370 e. The molecule has 4 saturated heterocycles. The lowest BCUT2D eigenvalue weighted by atomic mass is 9.76. The highest BCUT2D eigenvalue weighted by Gasteiger charge is 2.78. The Labute approximate surface area is 339 Å². The number of likely N-dealkylation sites (tertiary alicyclic amines) is 1. The van der Waals surface area contributed by atoms with Gasteiger partial charge in [-0.1, -0.05) is 19.1 Å². The summed E-state index contributed by atoms with van der Waals surface area (Å²) in [4.78, 5) is 62.5. The van der Waals surface area contributed by atoms with Gasteiger partial charge in [0.2, 0.25) is 17.7 Å². The number of rotatable bonds is 6. The molecule has 3 unspecified atom stereocenters. The minimum atomic E-state index is -2.64. The van der Waals surface area contributed by atoms with Crippen molar-refractivity contribution in [2.45, 2.75) is 76.7 Å². The number of hydrogen-bond donors (Lipinski definition) is 3. The highest BCUT2D eigenvalue weighted by Crippen LogP contribution is 2.70. The van der Waals surface area contributed by atoms with Gasteiger partial charge in [-0.3, -0.25) is 33.9 Å². The SMILES string of the molecule is Cn1c(=O)n(C2CCC(=O)NC2=O)c2cccc(N3CCC(CN4CCC5(CC4)CCN(c4ccc6cc(-c7n[nH]c8c7CC7C(F)(F)C7(C)C8)[nH]c6c4)C5=O)CC3)c21. The van der Waals surface area contributed by atoms with E-state index in [1.165, 1.54) is 0 Å². The van der Waals surface area contributed by atoms with Crippen molar-refractivity contribution in [1.29, 1.82) is 0 Å². The van der Waals surface area contributed by atoms with Gasteiger partial charge in [-0.25, -0.2) is 13.6 Å². The number of imidazole rings is 1. The predicted octanol–water partition coefficient (Wildman–Crippen LogP) is 5.29. The summed E-state index contributed by atoms with van der Waals surface area (Å²) < 4.78 is 32.3. The zero-order valence-corrected chi connectivity index (χ0v) is 33.5. The molecule has 2 aliphatic carbocycles. The van der Waals surface area contributed by atoms with E-state index >= 15 is 0 Å². The van der Waals surface area contributed by atoms with Gasteiger partial charge in [-0.2, -0.15) is 5.10 Å². The quantitative estimate of drug-likeness (QED) is 0.198. The second kappa shape index (κ2) is 12.8. The molecule has 1 saturated carbocycles. The Hall–Kier alpha value is -5.31. The second-order valence-electron chi connectivity index (χ2n) is 18.5. The van der Waals surface area contributed by atoms with E-state index in [0.29, 0.717) is 42.9 Å². The number of imide groups is 1. The van der Waals surface area contributed by atoms with Crippen LogP contribution in [0.4, 0.5) is 20.2 Å². The number of halogens is 2. The van der Waals surface area contributed by atoms with Crippen molar-refractivity contribution in [3.05, 3.63) is 64.2 Å². The van der Waals surface area contributed by atoms with E-state index < -0.39 is 29.2 Å². The molecule has 2 aromatic carbocycles. The van der Waals surface area contributed by atoms with Crippen molar-refractivity contribution in [3.63, 3.8) is 0 Å². The number of aromatic nitrogens is 5. The molecule has 5 fully saturated rings. The fraction of sp³-hybridized carbons (Fsp3) is 0.523. The predicted molar refractivity (Wildman–Crippen MR) is 218 cm³/mol. The van der Waals surface area contributed by atoms with Crippen molar-refractivity contribution in [1.82, 2.24) is 34.5 Å². The number of nitrogens with one attached hydrogen (secondary N) is 3. The molecular weight excluding hydrogens is 757 g/mol. The van der Waals surface area contributed by atoms with Crippen LogP contribution in [0.25, 0.3) is 33.3 Å². The number of carbonyl (C=O) groups is 3. The third-order valence-corrected chi connectivity index (χ3v) is 15.4. The van der Waals surface area contributed by atoms with E-state index in [-0.39, 0.29) is 29.3 Å². The van der Waals surface area contributed by atoms with Crippen molar-refractivity contribution >= 4 is 51.0 Å². The maximum absolute atomic E-state index is 14.6. The Kier molecular flexibility index (Phi) is 8.00. The Balaban J connectivity index is 0.717. The monoisotopic (exact) mass is 805 g/mol. The molecule has 3 atom stereocenters. The smallest absolute Gasteiger partial charge is 0.329 e. The largest absolute Gasteiger partial charge is 0.370 e. The fourth-order valence-electron chi connectivity index (χ4n) is 11.6. The number of benzene rings is 2. The molecule has 6 aliphatic rings. The van der Waals surface area contributed by atoms with Crippen LogP contribution in [-0.2, 0) is 34.3 Å². The average Bonchev–Trinajstić information content (AvgIpc) is 3.82. The first-order valence-corrected chi connectivity index (χ1v) is 21.3. The number of alkyl halides is 2. The number of fused-ring (bicyclic) bond motifs is 4. The van der Waals surface area contributed by atoms with Gasteiger partial charge in [0, 0.05) is 85.2 Å². The summed E-state index contributed by atoms with van der Waals surface area (Å²) in [6, 6.07) is 13.3. The van der Waals surface area contributed by atoms with Gasteiger partial charge in [-0.15, -0.1) is 0 Å². The molecular formula is C44H49F2N9O4. The topological polar surface area (TPSA) is 144 Å². The van der Waals surface area contributed by atoms with Crippen LogP contribution in [-0.4, -0.2) is 92.1 Å². The summed E-state index contributed by atoms with van der Waals surface area (Å²) in [5, 5.41) is 11.0. The second-order valence-corrected chi connectivity index (χ2v) is 18.5. The summed E-state index contributed by atoms with van der Waals surface area (Å²) in [5.41, 5.74) is 5.90. The van der Waals surface area contributed by atoms with Gasteiger partial charge in [-0.05, 0) is 94.3 Å². The molecule has 3 aromatic heterocycles. The van der Waals surface area contributed by atoms with Crippen LogP contribution in [0.3, 0.4) is 0 Å². The number of aryl methyl sites for hydroxylation is 1. The van der Waals surface area contributed by atoms with Gasteiger partial charge in [0.05, 0.1) is 27.8 Å². The van der Waals surface area contributed by atoms with E-state index in [9.17, 15) is 28.0 Å². The zero-order valence-electron chi connectivity index (χ0n) is 33.5. The van der Waals surface area contributed by atoms with E-state index in [0.717, 1.165) is 110 Å². The van der Waals surface area contributed by atoms with Gasteiger partial charge >= 0.3 is 5.69 Å². The molecule has 0 radical (unpaired) electrons. The number of carbonyl (C=O) groups excluding carboxylic acids is 3. The summed E-state index contributed by atoms with van der Waals surface area (Å²) >= 11 is 0. The zero-order chi connectivity index (χ0) is 40.6. The van der Waals surface area contributed by atoms with Crippen LogP contribution in [0.15, 0.2) is 47.3 Å². The number of amides is 3. The molecule has 15 heteroatoms. The standard InChI is InChI=1S/C44H49F2N9O4/c1-42-23-31-28(22-35(42)44(42,45)46)37(50-49-31)30-20-26-6-7-27(21-29(26)47-30)54-19-14-43(40(54)58)12-17-52(18-13-43)24-25-10-15-53(16-11-25)32-4-3-5-33-38(32)51(2)41(59)55(33)34-8-9-36(56)48-39(34)57/h3-7,20-21,25,34-35,47H,8-19,22-24H2,1-2H3,(H,49,50)(H,48,56,57). The Morgan fingerprint density at radius 1 is 0.932 bits per heavy atom. The van der Waals surface area contributed by atoms with Gasteiger partial charge in [0.15, 0.2) is 0 Å². The van der Waals surface area contributed by atoms with Gasteiger partial charge < -0.3 is 19.7 Å². The van der Waals surface area contributed by atoms with E-state index in [2.05, 4.69) is 36.4 Å². The summed E-state index contributed by atoms with van der Waals surface area (Å²) in [6.07, 6.45) is 5.72. The number of hydrogen-bond acceptors (Lipinski definition) is 7. The van der Waals surface area contributed by atoms with Crippen LogP contribution in [0.5, 0.6) is 0 Å². The third kappa shape index (κ3) is 5.44. The van der Waals surface area contributed by atoms with Crippen LogP contribution in [0.1, 0.15) is 69.2 Å². The van der Waals surface area contributed by atoms with E-state index in [1.54, 1.807) is 23.1 Å². The number of para-hydroxylation sites is 1. The molecule has 5 aromatic rings. The summed E-state index contributed by atoms with van der Waals surface area (Å²) in [7, 11) is 1.75. The normalized spacial score (nSPS) is 26.9. The number of anilines is 2. The lowest BCUT2D eigenvalue weighted by Crippen LogP contribution is -2.47. The van der Waals surface area contributed by atoms with Crippen LogP contribution in [0.2, 0.25) is 0 Å². The highest BCUT2D eigenvalue weighted by atomic mass is 19.3. The summed E-state index contributed by atoms with van der Waals surface area (Å²) in [6.45, 7) is 6.89. The number of piperidine rings is 3. The third-order valence-electron chi connectivity index (χ3n) is 15.4. The first kappa shape index (κ1) is 36.7. The highest BCUT2D eigenvalue weighted by molar-refractivity contribution is 6.02. The van der Waals surface area contributed by atoms with Crippen LogP contribution in [0, 0.1) is 22.7 Å². The average molecular weight is 806 g/mol. The number of nitrogens with zero attached hydrogens (tertiary/aromatic N) is 6. The molecule has 1 spiro atoms. The van der Waals surface area contributed by atoms with Crippen molar-refractivity contribution in [2.75, 3.05) is 49.1 Å². The number of H-pyrrole nitrogens is 2. The number of aromatic amines is 2. The summed E-state index contributed by atoms with van der Waals surface area (Å²) in [5.74, 6) is -3.28. The molecule has 59 heavy (non-hydrogen) atoms. The van der Waals surface area contributed by atoms with Crippen molar-refractivity contribution in [2.24, 2.45) is 29.7 Å². The maximum atomic E-state index is 14.6. The molecule has 4 aliphatic heterocycles. The van der Waals surface area contributed by atoms with Crippen LogP contribution < -0.4 is 20.8 Å². The van der Waals surface area contributed by atoms with Gasteiger partial charge in [0.25, 0.3) is 5.92 Å². The lowest BCUT2D eigenvalue weighted by molar-refractivity contribution is -0.135. The Morgan fingerprint density at radius 3 is 2.49 bits per heavy atom. The Morgan fingerprint density at radius 2 is 1.71 bits per heavy atom. The molecule has 0 bridgehead atoms. The first-order chi connectivity index (χ1) is 28.3. The fourth-order valence-corrected chi connectivity index (χ4v) is 11.6.